The van der Waals surface area contributed by atoms with E-state index >= 15 is 0 Å². The average Bonchev–Trinajstić information content (AvgIpc) is 1.00. The summed E-state index contributed by atoms with van der Waals surface area (Å²) in [6.45, 7) is 0. The molecular formula is GdLaLuO. The molecular weight excluding hydrogens is 487 g/mol. The van der Waals surface area contributed by atoms with Gasteiger partial charge in [0.15, 0.2) is 0 Å². The summed E-state index contributed by atoms with van der Waals surface area (Å²) in [5, 5.41) is 0. The van der Waals surface area contributed by atoms with Gasteiger partial charge in [-0.25, -0.2) is 0 Å². The topological polar surface area (TPSA) is 17.1 Å². The zero-order valence-corrected chi connectivity index (χ0v) is 9.15. The van der Waals surface area contributed by atoms with Crippen LogP contribution in [-0.4, -0.2) is 0 Å². The monoisotopic (exact) mass is 488 g/mol. The van der Waals surface area contributed by atoms with Crippen LogP contribution < -0.4 is 0 Å². The quantitative estimate of drug-likeness (QED) is 0.466. The van der Waals surface area contributed by atoms with Crippen LogP contribution in [0.5, 0.6) is 0 Å². The van der Waals surface area contributed by atoms with Crippen LogP contribution in [0.15, 0.2) is 0 Å². The van der Waals surface area contributed by atoms with Gasteiger partial charge in [-0.3, -0.25) is 0 Å². The van der Waals surface area contributed by atoms with Gasteiger partial charge in [0.1, 0.15) is 0 Å². The van der Waals surface area contributed by atoms with Crippen LogP contribution in [0.25, 0.3) is 0 Å². The number of hydrogen-bond donors (Lipinski definition) is 0. The summed E-state index contributed by atoms with van der Waals surface area (Å²) in [6, 6.07) is 0. The predicted molar refractivity (Wildman–Crippen MR) is 0.686 cm³/mol. The van der Waals surface area contributed by atoms with Crippen LogP contribution >= 0.6 is 0 Å². The van der Waals surface area contributed by atoms with E-state index in [4.69, 9.17) is 1.54 Å². The van der Waals surface area contributed by atoms with Gasteiger partial charge in [-0.05, 0) is 0 Å². The molecule has 4 heavy (non-hydrogen) atoms. The van der Waals surface area contributed by atoms with E-state index in [-0.39, 0.29) is 75.5 Å². The van der Waals surface area contributed by atoms with Crippen molar-refractivity contribution in [3.05, 3.63) is 0 Å². The molecule has 0 bridgehead atoms. The van der Waals surface area contributed by atoms with Gasteiger partial charge in [0.2, 0.25) is 0 Å². The third-order valence-corrected chi connectivity index (χ3v) is 0. The van der Waals surface area contributed by atoms with E-state index in [0.29, 0.717) is 0 Å². The summed E-state index contributed by atoms with van der Waals surface area (Å²) in [5.41, 5.74) is 0. The molecule has 0 spiro atoms. The first-order valence-corrected chi connectivity index (χ1v) is 0.782. The van der Waals surface area contributed by atoms with Gasteiger partial charge in [0.25, 0.3) is 0 Å². The SMILES string of the molecule is [Gd].[La].[O]=[Lu]. The van der Waals surface area contributed by atoms with Crippen molar-refractivity contribution < 1.29 is 112 Å². The molecule has 0 heterocycles. The fourth-order valence-corrected chi connectivity index (χ4v) is 0. The summed E-state index contributed by atoms with van der Waals surface area (Å²) in [6.07, 6.45) is 0. The van der Waals surface area contributed by atoms with Crippen LogP contribution in [0.4, 0.5) is 0 Å². The third-order valence-electron chi connectivity index (χ3n) is 0. The molecule has 32 valence electrons. The van der Waals surface area contributed by atoms with Gasteiger partial charge >= 0.3 is 36.6 Å². The molecule has 0 aromatic rings. The second-order valence-electron chi connectivity index (χ2n) is 0. The van der Waals surface area contributed by atoms with Gasteiger partial charge in [-0.15, -0.1) is 0 Å². The van der Waals surface area contributed by atoms with Crippen molar-refractivity contribution in [2.45, 2.75) is 0 Å². The van der Waals surface area contributed by atoms with Crippen molar-refractivity contribution in [1.82, 2.24) is 0 Å². The average molecular weight is 487 g/mol. The Hall–Kier alpha value is 3.55. The Kier molecular flexibility index (Phi) is 62.6. The zero-order chi connectivity index (χ0) is 2.00. The normalized spacial score (nSPS) is 1.50. The molecule has 0 atom stereocenters. The Labute approximate surface area is 109 Å². The molecule has 0 aromatic heterocycles. The minimum atomic E-state index is 0. The second kappa shape index (κ2) is 16.0. The zero-order valence-electron chi connectivity index (χ0n) is 1.60. The van der Waals surface area contributed by atoms with E-state index in [1.807, 2.05) is 0 Å². The molecule has 0 rings (SSSR count). The van der Waals surface area contributed by atoms with Crippen LogP contribution in [0, 0.1) is 111 Å². The third kappa shape index (κ3) is 9.12. The van der Waals surface area contributed by atoms with Crippen molar-refractivity contribution >= 4 is 0 Å². The molecule has 0 fully saturated rings. The summed E-state index contributed by atoms with van der Waals surface area (Å²) in [5.74, 6) is 0. The van der Waals surface area contributed by atoms with Gasteiger partial charge in [0.05, 0.1) is 0 Å². The van der Waals surface area contributed by atoms with Crippen molar-refractivity contribution in [2.75, 3.05) is 0 Å². The molecule has 0 N–H and O–H groups in total. The second-order valence-corrected chi connectivity index (χ2v) is 0. The number of hydrogen-bond acceptors (Lipinski definition) is 1. The van der Waals surface area contributed by atoms with Crippen LogP contribution in [-0.2, 0) is 1.54 Å². The van der Waals surface area contributed by atoms with Crippen molar-refractivity contribution in [1.29, 1.82) is 0 Å². The first kappa shape index (κ1) is 15.6. The maximum atomic E-state index is 8.08. The molecule has 0 saturated heterocycles. The fourth-order valence-electron chi connectivity index (χ4n) is 0. The Balaban J connectivity index is -0.00000000500. The summed E-state index contributed by atoms with van der Waals surface area (Å²) in [7, 11) is 0. The molecule has 0 aliphatic carbocycles. The molecule has 1 nitrogen and oxygen atoms in total. The minimum absolute atomic E-state index is 0. The van der Waals surface area contributed by atoms with Crippen LogP contribution in [0.1, 0.15) is 0 Å². The van der Waals surface area contributed by atoms with Gasteiger partial charge in [-0.1, -0.05) is 0 Å². The Morgan fingerprint density at radius 3 is 1.25 bits per heavy atom. The Morgan fingerprint density at radius 2 is 1.25 bits per heavy atom. The number of rotatable bonds is 0. The molecule has 0 aliphatic rings. The first-order chi connectivity index (χ1) is 1.00. The van der Waals surface area contributed by atoms with Gasteiger partial charge in [0, 0.05) is 75.5 Å². The molecule has 1 radical (unpaired) electrons. The molecule has 4 heteroatoms. The summed E-state index contributed by atoms with van der Waals surface area (Å²) >= 11 is 1.58. The van der Waals surface area contributed by atoms with E-state index in [9.17, 15) is 0 Å². The maximum absolute atomic E-state index is 8.08. The molecule has 0 saturated carbocycles. The van der Waals surface area contributed by atoms with E-state index in [2.05, 4.69) is 0 Å². The summed E-state index contributed by atoms with van der Waals surface area (Å²) in [4.78, 5) is 0. The standard InChI is InChI=1S/Gd.La.Lu.O. The predicted octanol–water partition coefficient (Wildman–Crippen LogP) is -0.119. The summed E-state index contributed by atoms with van der Waals surface area (Å²) < 4.78 is 8.08. The molecule has 0 amide bonds. The van der Waals surface area contributed by atoms with E-state index in [1.54, 1.807) is 35.0 Å². The van der Waals surface area contributed by atoms with Gasteiger partial charge in [-0.2, -0.15) is 0 Å². The van der Waals surface area contributed by atoms with E-state index < -0.39 is 0 Å². The molecule has 0 aromatic carbocycles. The van der Waals surface area contributed by atoms with Crippen molar-refractivity contribution in [2.24, 2.45) is 0 Å². The van der Waals surface area contributed by atoms with E-state index in [0.717, 1.165) is 0 Å². The van der Waals surface area contributed by atoms with Crippen LogP contribution in [0.2, 0.25) is 0 Å². The van der Waals surface area contributed by atoms with Crippen LogP contribution in [0.3, 0.4) is 0 Å². The van der Waals surface area contributed by atoms with Gasteiger partial charge < -0.3 is 0 Å². The first-order valence-electron chi connectivity index (χ1n) is 0.105. The van der Waals surface area contributed by atoms with E-state index in [1.165, 1.54) is 0 Å². The van der Waals surface area contributed by atoms with Crippen molar-refractivity contribution in [3.8, 4) is 0 Å². The molecule has 0 aliphatic heterocycles. The Morgan fingerprint density at radius 1 is 1.25 bits per heavy atom. The Bertz CT molecular complexity index is 8.00. The molecule has 0 unspecified atom stereocenters. The van der Waals surface area contributed by atoms with Crippen molar-refractivity contribution in [3.63, 3.8) is 0 Å². The fraction of sp³-hybridized carbons (Fsp3) is 0.